The van der Waals surface area contributed by atoms with E-state index in [0.717, 1.165) is 45.0 Å². The molecule has 300 valence electrons. The minimum Gasteiger partial charge on any atom is -0.395 e. The highest BCUT2D eigenvalue weighted by molar-refractivity contribution is 5.75. The molecule has 6 aromatic rings. The summed E-state index contributed by atoms with van der Waals surface area (Å²) in [6.45, 7) is 4.55. The van der Waals surface area contributed by atoms with Crippen molar-refractivity contribution < 1.29 is 20.4 Å². The van der Waals surface area contributed by atoms with Gasteiger partial charge in [-0.2, -0.15) is 29.9 Å². The minimum absolute atomic E-state index is 0.126. The predicted molar refractivity (Wildman–Crippen MR) is 230 cm³/mol. The van der Waals surface area contributed by atoms with E-state index < -0.39 is 0 Å². The van der Waals surface area contributed by atoms with Crippen molar-refractivity contribution in [1.82, 2.24) is 29.9 Å². The van der Waals surface area contributed by atoms with Crippen molar-refractivity contribution in [1.29, 1.82) is 0 Å². The number of aromatic nitrogens is 6. The second-order valence-electron chi connectivity index (χ2n) is 13.1. The van der Waals surface area contributed by atoms with Gasteiger partial charge in [0.15, 0.2) is 0 Å². The van der Waals surface area contributed by atoms with Gasteiger partial charge in [-0.15, -0.1) is 0 Å². The lowest BCUT2D eigenvalue weighted by atomic mass is 10.0. The molecule has 16 heteroatoms. The van der Waals surface area contributed by atoms with Crippen LogP contribution in [0.4, 0.5) is 58.4 Å². The van der Waals surface area contributed by atoms with Gasteiger partial charge in [0, 0.05) is 48.9 Å². The molecule has 0 aliphatic rings. The summed E-state index contributed by atoms with van der Waals surface area (Å²) in [5, 5.41) is 51.5. The van der Waals surface area contributed by atoms with Gasteiger partial charge in [0.05, 0.1) is 26.4 Å². The maximum Gasteiger partial charge on any atom is 0.233 e. The van der Waals surface area contributed by atoms with Crippen molar-refractivity contribution in [3.8, 4) is 0 Å². The number of aliphatic hydroxyl groups is 4. The van der Waals surface area contributed by atoms with Crippen LogP contribution >= 0.6 is 0 Å². The van der Waals surface area contributed by atoms with Crippen molar-refractivity contribution in [3.05, 3.63) is 119 Å². The second-order valence-corrected chi connectivity index (χ2v) is 13.1. The molecule has 0 amide bonds. The lowest BCUT2D eigenvalue weighted by molar-refractivity contribution is 0.279. The molecule has 0 spiro atoms. The molecule has 0 bridgehead atoms. The van der Waals surface area contributed by atoms with Crippen molar-refractivity contribution in [2.75, 3.05) is 83.7 Å². The zero-order valence-electron chi connectivity index (χ0n) is 32.4. The first-order chi connectivity index (χ1) is 28.3. The van der Waals surface area contributed by atoms with E-state index in [1.807, 2.05) is 111 Å². The molecule has 2 heterocycles. The number of anilines is 10. The number of rotatable bonds is 20. The van der Waals surface area contributed by atoms with Gasteiger partial charge in [0.25, 0.3) is 0 Å². The van der Waals surface area contributed by atoms with E-state index in [1.165, 1.54) is 0 Å². The van der Waals surface area contributed by atoms with Crippen LogP contribution in [0.25, 0.3) is 12.2 Å². The van der Waals surface area contributed by atoms with Gasteiger partial charge in [-0.05, 0) is 84.6 Å². The highest BCUT2D eigenvalue weighted by Gasteiger charge is 2.16. The molecular formula is C42H48N12O4. The van der Waals surface area contributed by atoms with E-state index in [0.29, 0.717) is 35.7 Å². The monoisotopic (exact) mass is 784 g/mol. The number of hydrogen-bond acceptors (Lipinski definition) is 16. The number of benzene rings is 4. The third-order valence-corrected chi connectivity index (χ3v) is 8.85. The molecule has 0 unspecified atom stereocenters. The molecule has 16 nitrogen and oxygen atoms in total. The lowest BCUT2D eigenvalue weighted by Crippen LogP contribution is -2.31. The molecule has 6 rings (SSSR count). The summed E-state index contributed by atoms with van der Waals surface area (Å²) >= 11 is 0. The Kier molecular flexibility index (Phi) is 14.4. The van der Waals surface area contributed by atoms with Gasteiger partial charge in [0.2, 0.25) is 35.7 Å². The standard InChI is InChI=1S/C42H48N12O4/c1-29-27-35(45-39-47-37(43-33-9-5-3-6-10-33)49-41(51-39)53(19-23-55)20-24-56)17-15-31(29)13-14-32-16-18-36(28-30(32)2)46-40-48-38(44-34-11-7-4-8-12-34)50-42(52-40)54(21-25-57)22-26-58/h3-18,27-28,55-58H,19-26H2,1-2H3,(H2,43,45,47,49,51)(H2,44,46,48,50,52)/b14-13+. The van der Waals surface area contributed by atoms with Gasteiger partial charge < -0.3 is 51.5 Å². The van der Waals surface area contributed by atoms with Crippen LogP contribution in [0.5, 0.6) is 0 Å². The first-order valence-electron chi connectivity index (χ1n) is 18.9. The zero-order chi connectivity index (χ0) is 40.7. The van der Waals surface area contributed by atoms with Gasteiger partial charge in [-0.3, -0.25) is 0 Å². The molecule has 0 fully saturated rings. The predicted octanol–water partition coefficient (Wildman–Crippen LogP) is 5.40. The molecule has 8 N–H and O–H groups in total. The van der Waals surface area contributed by atoms with Crippen molar-refractivity contribution in [3.63, 3.8) is 0 Å². The Morgan fingerprint density at radius 3 is 1.07 bits per heavy atom. The third kappa shape index (κ3) is 11.4. The molecule has 0 saturated heterocycles. The van der Waals surface area contributed by atoms with Gasteiger partial charge >= 0.3 is 0 Å². The molecule has 0 aliphatic carbocycles. The van der Waals surface area contributed by atoms with Crippen LogP contribution < -0.4 is 31.1 Å². The minimum atomic E-state index is -0.126. The Balaban J connectivity index is 1.18. The van der Waals surface area contributed by atoms with E-state index >= 15 is 0 Å². The number of aliphatic hydroxyl groups excluding tert-OH is 4. The maximum absolute atomic E-state index is 9.63. The molecule has 2 aromatic heterocycles. The summed E-state index contributed by atoms with van der Waals surface area (Å²) in [7, 11) is 0. The molecule has 0 aliphatic heterocycles. The Labute approximate surface area is 337 Å². The SMILES string of the molecule is Cc1cc(Nc2nc(Nc3ccccc3)nc(N(CCO)CCO)n2)ccc1/C=C/c1ccc(Nc2nc(Nc3ccccc3)nc(N(CCO)CCO)n2)cc1C. The average Bonchev–Trinajstić information content (AvgIpc) is 3.21. The number of nitrogens with one attached hydrogen (secondary N) is 4. The quantitative estimate of drug-likeness (QED) is 0.0455. The summed E-state index contributed by atoms with van der Waals surface area (Å²) in [6.07, 6.45) is 4.13. The Hall–Kier alpha value is -6.72. The fourth-order valence-corrected chi connectivity index (χ4v) is 5.96. The summed E-state index contributed by atoms with van der Waals surface area (Å²) in [4.78, 5) is 30.9. The van der Waals surface area contributed by atoms with Crippen molar-refractivity contribution in [2.45, 2.75) is 13.8 Å². The largest absolute Gasteiger partial charge is 0.395 e. The highest BCUT2D eigenvalue weighted by atomic mass is 16.3. The fourth-order valence-electron chi connectivity index (χ4n) is 5.96. The molecule has 0 atom stereocenters. The maximum atomic E-state index is 9.63. The van der Waals surface area contributed by atoms with E-state index in [9.17, 15) is 20.4 Å². The van der Waals surface area contributed by atoms with E-state index in [2.05, 4.69) is 63.3 Å². The van der Waals surface area contributed by atoms with E-state index in [4.69, 9.17) is 0 Å². The van der Waals surface area contributed by atoms with Crippen molar-refractivity contribution in [2.24, 2.45) is 0 Å². The molecule has 58 heavy (non-hydrogen) atoms. The first kappa shape index (κ1) is 40.9. The molecular weight excluding hydrogens is 737 g/mol. The van der Waals surface area contributed by atoms with Crippen molar-refractivity contribution >= 4 is 70.6 Å². The topological polar surface area (TPSA) is 213 Å². The second kappa shape index (κ2) is 20.4. The van der Waals surface area contributed by atoms with Gasteiger partial charge in [-0.1, -0.05) is 60.7 Å². The number of para-hydroxylation sites is 2. The summed E-state index contributed by atoms with van der Waals surface area (Å²) in [6, 6.07) is 31.1. The molecule has 0 saturated carbocycles. The van der Waals surface area contributed by atoms with Gasteiger partial charge in [0.1, 0.15) is 0 Å². The van der Waals surface area contributed by atoms with Crippen LogP contribution in [0.2, 0.25) is 0 Å². The van der Waals surface area contributed by atoms with Crippen LogP contribution in [0.15, 0.2) is 97.1 Å². The van der Waals surface area contributed by atoms with E-state index in [-0.39, 0.29) is 52.6 Å². The Morgan fingerprint density at radius 1 is 0.431 bits per heavy atom. The fraction of sp³-hybridized carbons (Fsp3) is 0.238. The number of nitrogens with zero attached hydrogens (tertiary/aromatic N) is 8. The van der Waals surface area contributed by atoms with Crippen LogP contribution in [-0.2, 0) is 0 Å². The molecule has 4 aromatic carbocycles. The third-order valence-electron chi connectivity index (χ3n) is 8.85. The normalized spacial score (nSPS) is 11.1. The first-order valence-corrected chi connectivity index (χ1v) is 18.9. The average molecular weight is 785 g/mol. The zero-order valence-corrected chi connectivity index (χ0v) is 32.4. The van der Waals surface area contributed by atoms with Crippen LogP contribution in [0, 0.1) is 13.8 Å². The van der Waals surface area contributed by atoms with Crippen LogP contribution in [0.1, 0.15) is 22.3 Å². The van der Waals surface area contributed by atoms with Crippen LogP contribution in [-0.4, -0.2) is 103 Å². The van der Waals surface area contributed by atoms with Gasteiger partial charge in [-0.25, -0.2) is 0 Å². The summed E-state index contributed by atoms with van der Waals surface area (Å²) < 4.78 is 0. The Morgan fingerprint density at radius 2 is 0.759 bits per heavy atom. The highest BCUT2D eigenvalue weighted by Crippen LogP contribution is 2.26. The van der Waals surface area contributed by atoms with E-state index in [1.54, 1.807) is 9.80 Å². The molecule has 0 radical (unpaired) electrons. The lowest BCUT2D eigenvalue weighted by Gasteiger charge is -2.21. The number of hydrogen-bond donors (Lipinski definition) is 8. The summed E-state index contributed by atoms with van der Waals surface area (Å²) in [5.74, 6) is 1.88. The number of aryl methyl sites for hydroxylation is 2. The Bertz CT molecular complexity index is 2090. The van der Waals surface area contributed by atoms with Crippen LogP contribution in [0.3, 0.4) is 0 Å². The smallest absolute Gasteiger partial charge is 0.233 e. The summed E-state index contributed by atoms with van der Waals surface area (Å²) in [5.41, 5.74) is 7.27.